The minimum Gasteiger partial charge on any atom is -0.493 e. The number of benzene rings is 1. The van der Waals surface area contributed by atoms with Gasteiger partial charge in [-0.05, 0) is 30.0 Å². The molecule has 0 unspecified atom stereocenters. The normalized spacial score (nSPS) is 10.2. The molecule has 0 bridgehead atoms. The predicted molar refractivity (Wildman–Crippen MR) is 52.8 cm³/mol. The summed E-state index contributed by atoms with van der Waals surface area (Å²) in [7, 11) is 0. The maximum atomic E-state index is 13.3. The third-order valence-corrected chi connectivity index (χ3v) is 2.27. The number of halogens is 1. The van der Waals surface area contributed by atoms with Crippen LogP contribution in [0.2, 0.25) is 0 Å². The van der Waals surface area contributed by atoms with Crippen molar-refractivity contribution in [2.24, 2.45) is 0 Å². The fourth-order valence-electron chi connectivity index (χ4n) is 1.47. The largest absolute Gasteiger partial charge is 0.493 e. The highest BCUT2D eigenvalue weighted by Crippen LogP contribution is 2.27. The van der Waals surface area contributed by atoms with Crippen molar-refractivity contribution in [2.75, 3.05) is 0 Å². The van der Waals surface area contributed by atoms with Crippen LogP contribution in [0, 0.1) is 24.1 Å². The molecule has 0 saturated heterocycles. The van der Waals surface area contributed by atoms with Gasteiger partial charge >= 0.3 is 0 Å². The number of rotatable bonds is 0. The second-order valence-corrected chi connectivity index (χ2v) is 3.25. The second kappa shape index (κ2) is 3.21. The number of aromatic nitrogens is 1. The first-order chi connectivity index (χ1) is 7.13. The summed E-state index contributed by atoms with van der Waals surface area (Å²) in [5.41, 5.74) is 0.760. The Kier molecular flexibility index (Phi) is 2.01. The minimum atomic E-state index is -0.646. The summed E-state index contributed by atoms with van der Waals surface area (Å²) in [5, 5.41) is 19.1. The lowest BCUT2D eigenvalue weighted by atomic mass is 10.1. The van der Waals surface area contributed by atoms with Gasteiger partial charge in [-0.3, -0.25) is 0 Å². The molecule has 0 radical (unpaired) electrons. The molecule has 74 valence electrons. The smallest absolute Gasteiger partial charge is 0.218 e. The van der Waals surface area contributed by atoms with E-state index in [-0.39, 0.29) is 11.4 Å². The molecule has 0 amide bonds. The third kappa shape index (κ3) is 1.38. The summed E-state index contributed by atoms with van der Waals surface area (Å²) in [6, 6.07) is 4.30. The van der Waals surface area contributed by atoms with E-state index in [1.54, 1.807) is 13.0 Å². The van der Waals surface area contributed by atoms with E-state index in [0.717, 1.165) is 11.6 Å². The van der Waals surface area contributed by atoms with E-state index < -0.39 is 5.82 Å². The molecule has 1 aromatic heterocycles. The molecule has 0 aliphatic carbocycles. The Bertz CT molecular complexity index is 587. The third-order valence-electron chi connectivity index (χ3n) is 2.27. The zero-order valence-electron chi connectivity index (χ0n) is 7.95. The molecule has 0 aliphatic heterocycles. The van der Waals surface area contributed by atoms with Gasteiger partial charge in [0.05, 0.1) is 5.56 Å². The van der Waals surface area contributed by atoms with Gasteiger partial charge in [-0.25, -0.2) is 9.37 Å². The van der Waals surface area contributed by atoms with Crippen molar-refractivity contribution in [3.8, 4) is 11.9 Å². The van der Waals surface area contributed by atoms with E-state index in [4.69, 9.17) is 5.26 Å². The summed E-state index contributed by atoms with van der Waals surface area (Å²) >= 11 is 0. The van der Waals surface area contributed by atoms with Crippen LogP contribution in [0.4, 0.5) is 4.39 Å². The SMILES string of the molecule is Cc1cnc(O)c2cc(F)c(C#N)cc12. The number of pyridine rings is 1. The van der Waals surface area contributed by atoms with Crippen molar-refractivity contribution in [1.82, 2.24) is 4.98 Å². The average Bonchev–Trinajstić information content (AvgIpc) is 2.23. The van der Waals surface area contributed by atoms with E-state index in [1.165, 1.54) is 12.3 Å². The van der Waals surface area contributed by atoms with Crippen LogP contribution in [0.15, 0.2) is 18.3 Å². The second-order valence-electron chi connectivity index (χ2n) is 3.25. The number of aryl methyl sites for hydroxylation is 1. The fourth-order valence-corrected chi connectivity index (χ4v) is 1.47. The molecule has 0 spiro atoms. The van der Waals surface area contributed by atoms with Crippen LogP contribution in [0.25, 0.3) is 10.8 Å². The molecular formula is C11H7FN2O. The quantitative estimate of drug-likeness (QED) is 0.712. The highest BCUT2D eigenvalue weighted by atomic mass is 19.1. The molecule has 2 rings (SSSR count). The van der Waals surface area contributed by atoms with Gasteiger partial charge in [-0.15, -0.1) is 0 Å². The van der Waals surface area contributed by atoms with E-state index in [0.29, 0.717) is 10.8 Å². The maximum absolute atomic E-state index is 13.3. The van der Waals surface area contributed by atoms with Gasteiger partial charge in [-0.2, -0.15) is 5.26 Å². The highest BCUT2D eigenvalue weighted by Gasteiger charge is 2.09. The topological polar surface area (TPSA) is 56.9 Å². The van der Waals surface area contributed by atoms with Gasteiger partial charge in [0.25, 0.3) is 0 Å². The highest BCUT2D eigenvalue weighted by molar-refractivity contribution is 5.90. The first-order valence-corrected chi connectivity index (χ1v) is 4.31. The van der Waals surface area contributed by atoms with Crippen molar-refractivity contribution in [1.29, 1.82) is 5.26 Å². The van der Waals surface area contributed by atoms with Crippen molar-refractivity contribution in [3.05, 3.63) is 35.3 Å². The molecule has 1 heterocycles. The summed E-state index contributed by atoms with van der Waals surface area (Å²) in [5.74, 6) is -0.869. The average molecular weight is 202 g/mol. The summed E-state index contributed by atoms with van der Waals surface area (Å²) < 4.78 is 13.3. The lowest BCUT2D eigenvalue weighted by molar-refractivity contribution is 0.460. The molecule has 15 heavy (non-hydrogen) atoms. The number of hydrogen-bond donors (Lipinski definition) is 1. The van der Waals surface area contributed by atoms with Gasteiger partial charge in [-0.1, -0.05) is 0 Å². The van der Waals surface area contributed by atoms with E-state index in [2.05, 4.69) is 4.98 Å². The maximum Gasteiger partial charge on any atom is 0.218 e. The zero-order valence-corrected chi connectivity index (χ0v) is 7.95. The van der Waals surface area contributed by atoms with Crippen molar-refractivity contribution >= 4 is 10.8 Å². The van der Waals surface area contributed by atoms with Crippen LogP contribution in [0.5, 0.6) is 5.88 Å². The first-order valence-electron chi connectivity index (χ1n) is 4.31. The van der Waals surface area contributed by atoms with E-state index in [9.17, 15) is 9.50 Å². The van der Waals surface area contributed by atoms with Crippen molar-refractivity contribution < 1.29 is 9.50 Å². The van der Waals surface area contributed by atoms with E-state index in [1.807, 2.05) is 0 Å². The summed E-state index contributed by atoms with van der Waals surface area (Å²) in [6.45, 7) is 1.79. The molecule has 1 aromatic carbocycles. The zero-order chi connectivity index (χ0) is 11.0. The predicted octanol–water partition coefficient (Wildman–Crippen LogP) is 2.26. The lowest BCUT2D eigenvalue weighted by Gasteiger charge is -2.04. The van der Waals surface area contributed by atoms with Crippen LogP contribution in [0.1, 0.15) is 11.1 Å². The summed E-state index contributed by atoms with van der Waals surface area (Å²) in [6.07, 6.45) is 1.48. The van der Waals surface area contributed by atoms with Gasteiger partial charge in [0, 0.05) is 11.6 Å². The molecule has 3 nitrogen and oxygen atoms in total. The van der Waals surface area contributed by atoms with Gasteiger partial charge in [0.1, 0.15) is 11.9 Å². The number of nitriles is 1. The van der Waals surface area contributed by atoms with E-state index >= 15 is 0 Å². The molecule has 2 aromatic rings. The van der Waals surface area contributed by atoms with Gasteiger partial charge in [0.15, 0.2) is 0 Å². The molecule has 0 fully saturated rings. The monoisotopic (exact) mass is 202 g/mol. The van der Waals surface area contributed by atoms with Gasteiger partial charge < -0.3 is 5.11 Å². The number of fused-ring (bicyclic) bond motifs is 1. The Morgan fingerprint density at radius 1 is 1.40 bits per heavy atom. The number of nitrogens with zero attached hydrogens (tertiary/aromatic N) is 2. The number of hydrogen-bond acceptors (Lipinski definition) is 3. The Balaban J connectivity index is 2.94. The van der Waals surface area contributed by atoms with Crippen molar-refractivity contribution in [2.45, 2.75) is 6.92 Å². The van der Waals surface area contributed by atoms with Gasteiger partial charge in [0.2, 0.25) is 5.88 Å². The fraction of sp³-hybridized carbons (Fsp3) is 0.0909. The first kappa shape index (κ1) is 9.41. The van der Waals surface area contributed by atoms with Crippen LogP contribution < -0.4 is 0 Å². The molecule has 0 saturated carbocycles. The Morgan fingerprint density at radius 2 is 2.13 bits per heavy atom. The molecule has 4 heteroatoms. The Hall–Kier alpha value is -2.15. The Morgan fingerprint density at radius 3 is 2.80 bits per heavy atom. The van der Waals surface area contributed by atoms with Crippen LogP contribution in [-0.2, 0) is 0 Å². The summed E-state index contributed by atoms with van der Waals surface area (Å²) in [4.78, 5) is 3.71. The molecular weight excluding hydrogens is 195 g/mol. The van der Waals surface area contributed by atoms with Crippen LogP contribution in [0.3, 0.4) is 0 Å². The van der Waals surface area contributed by atoms with Crippen LogP contribution >= 0.6 is 0 Å². The standard InChI is InChI=1S/C11H7FN2O/c1-6-5-14-11(15)9-3-10(12)7(4-13)2-8(6)9/h2-3,5H,1H3,(H,14,15). The molecule has 0 atom stereocenters. The lowest BCUT2D eigenvalue weighted by Crippen LogP contribution is -1.89. The minimum absolute atomic E-state index is 0.0313. The van der Waals surface area contributed by atoms with Crippen LogP contribution in [-0.4, -0.2) is 10.1 Å². The Labute approximate surface area is 85.4 Å². The number of aromatic hydroxyl groups is 1. The van der Waals surface area contributed by atoms with Crippen molar-refractivity contribution in [3.63, 3.8) is 0 Å². The molecule has 1 N–H and O–H groups in total. The molecule has 0 aliphatic rings.